The fourth-order valence-electron chi connectivity index (χ4n) is 3.26. The summed E-state index contributed by atoms with van der Waals surface area (Å²) in [4.78, 5) is 0. The molecule has 2 aromatic rings. The second-order valence-electron chi connectivity index (χ2n) is 6.02. The first-order valence-corrected chi connectivity index (χ1v) is 8.47. The zero-order chi connectivity index (χ0) is 15.5. The molecule has 1 fully saturated rings. The lowest BCUT2D eigenvalue weighted by Gasteiger charge is -2.21. The first kappa shape index (κ1) is 15.9. The summed E-state index contributed by atoms with van der Waals surface area (Å²) in [5.74, 6) is 1.56. The van der Waals surface area contributed by atoms with Gasteiger partial charge in [-0.15, -0.1) is 0 Å². The van der Waals surface area contributed by atoms with Crippen LogP contribution in [0.1, 0.15) is 36.3 Å². The predicted molar refractivity (Wildman–Crippen MR) is 89.4 cm³/mol. The maximum absolute atomic E-state index is 6.24. The van der Waals surface area contributed by atoms with Gasteiger partial charge < -0.3 is 9.84 Å². The lowest BCUT2D eigenvalue weighted by atomic mass is 9.97. The van der Waals surface area contributed by atoms with Crippen molar-refractivity contribution in [1.82, 2.24) is 10.5 Å². The average molecular weight is 339 g/mol. The van der Waals surface area contributed by atoms with Crippen LogP contribution in [0.2, 0.25) is 10.0 Å². The Balaban J connectivity index is 1.61. The van der Waals surface area contributed by atoms with Crippen LogP contribution >= 0.6 is 23.2 Å². The number of hydrogen-bond acceptors (Lipinski definition) is 3. The molecule has 0 aliphatic heterocycles. The van der Waals surface area contributed by atoms with E-state index < -0.39 is 0 Å². The van der Waals surface area contributed by atoms with Gasteiger partial charge in [0.1, 0.15) is 5.76 Å². The van der Waals surface area contributed by atoms with Crippen LogP contribution in [0.4, 0.5) is 0 Å². The predicted octanol–water partition coefficient (Wildman–Crippen LogP) is 4.79. The largest absolute Gasteiger partial charge is 0.361 e. The summed E-state index contributed by atoms with van der Waals surface area (Å²) in [6.45, 7) is 2.66. The van der Waals surface area contributed by atoms with Gasteiger partial charge in [0.05, 0.1) is 5.69 Å². The van der Waals surface area contributed by atoms with E-state index in [0.717, 1.165) is 33.5 Å². The number of hydrogen-bond donors (Lipinski definition) is 1. The van der Waals surface area contributed by atoms with Crippen molar-refractivity contribution in [3.63, 3.8) is 0 Å². The van der Waals surface area contributed by atoms with Gasteiger partial charge in [0, 0.05) is 40.7 Å². The third-order valence-electron chi connectivity index (χ3n) is 4.40. The topological polar surface area (TPSA) is 38.1 Å². The number of rotatable bonds is 5. The number of aryl methyl sites for hydroxylation is 1. The summed E-state index contributed by atoms with van der Waals surface area (Å²) in [6, 6.07) is 8.14. The van der Waals surface area contributed by atoms with Crippen LogP contribution in [0.15, 0.2) is 28.8 Å². The second-order valence-corrected chi connectivity index (χ2v) is 6.83. The molecule has 0 spiro atoms. The minimum atomic E-state index is 0.470. The SMILES string of the molecule is Cc1cc(C[C@@H]2CCC[C@H]2NCc2c(Cl)cccc2Cl)on1. The summed E-state index contributed by atoms with van der Waals surface area (Å²) >= 11 is 12.5. The third-order valence-corrected chi connectivity index (χ3v) is 5.11. The van der Waals surface area contributed by atoms with Crippen molar-refractivity contribution in [3.8, 4) is 0 Å². The Morgan fingerprint density at radius 3 is 2.73 bits per heavy atom. The van der Waals surface area contributed by atoms with Crippen LogP contribution in [0.5, 0.6) is 0 Å². The Hall–Kier alpha value is -1.03. The van der Waals surface area contributed by atoms with E-state index in [0.29, 0.717) is 18.5 Å². The number of nitrogens with one attached hydrogen (secondary N) is 1. The zero-order valence-electron chi connectivity index (χ0n) is 12.6. The number of halogens is 2. The highest BCUT2D eigenvalue weighted by atomic mass is 35.5. The summed E-state index contributed by atoms with van der Waals surface area (Å²) in [5, 5.41) is 9.04. The molecule has 1 aromatic heterocycles. The normalized spacial score (nSPS) is 21.4. The van der Waals surface area contributed by atoms with E-state index in [1.807, 2.05) is 31.2 Å². The fourth-order valence-corrected chi connectivity index (χ4v) is 3.79. The van der Waals surface area contributed by atoms with Gasteiger partial charge in [-0.1, -0.05) is 40.8 Å². The Kier molecular flexibility index (Phi) is 5.07. The maximum atomic E-state index is 6.24. The van der Waals surface area contributed by atoms with Crippen molar-refractivity contribution in [1.29, 1.82) is 0 Å². The smallest absolute Gasteiger partial charge is 0.137 e. The van der Waals surface area contributed by atoms with Crippen molar-refractivity contribution in [2.75, 3.05) is 0 Å². The molecule has 1 heterocycles. The van der Waals surface area contributed by atoms with Crippen molar-refractivity contribution in [2.24, 2.45) is 5.92 Å². The van der Waals surface area contributed by atoms with E-state index in [1.54, 1.807) is 0 Å². The molecule has 1 aliphatic carbocycles. The lowest BCUT2D eigenvalue weighted by molar-refractivity contribution is 0.329. The molecule has 1 saturated carbocycles. The molecule has 5 heteroatoms. The Morgan fingerprint density at radius 1 is 1.27 bits per heavy atom. The van der Waals surface area contributed by atoms with E-state index in [9.17, 15) is 0 Å². The van der Waals surface area contributed by atoms with Crippen LogP contribution in [0.25, 0.3) is 0 Å². The molecule has 22 heavy (non-hydrogen) atoms. The molecule has 0 bridgehead atoms. The van der Waals surface area contributed by atoms with Crippen molar-refractivity contribution in [2.45, 2.75) is 45.2 Å². The fraction of sp³-hybridized carbons (Fsp3) is 0.471. The molecule has 3 nitrogen and oxygen atoms in total. The average Bonchev–Trinajstić information content (AvgIpc) is 3.08. The summed E-state index contributed by atoms with van der Waals surface area (Å²) in [5.41, 5.74) is 1.92. The Labute approximate surface area is 141 Å². The Morgan fingerprint density at radius 2 is 2.05 bits per heavy atom. The van der Waals surface area contributed by atoms with Crippen LogP contribution in [-0.4, -0.2) is 11.2 Å². The third kappa shape index (κ3) is 3.65. The van der Waals surface area contributed by atoms with Crippen molar-refractivity contribution in [3.05, 3.63) is 51.3 Å². The van der Waals surface area contributed by atoms with Gasteiger partial charge >= 0.3 is 0 Å². The van der Waals surface area contributed by atoms with Crippen molar-refractivity contribution >= 4 is 23.2 Å². The van der Waals surface area contributed by atoms with Crippen molar-refractivity contribution < 1.29 is 4.52 Å². The highest BCUT2D eigenvalue weighted by molar-refractivity contribution is 6.35. The van der Waals surface area contributed by atoms with Crippen LogP contribution < -0.4 is 5.32 Å². The molecule has 1 aromatic carbocycles. The number of benzene rings is 1. The minimum Gasteiger partial charge on any atom is -0.361 e. The van der Waals surface area contributed by atoms with E-state index >= 15 is 0 Å². The highest BCUT2D eigenvalue weighted by Gasteiger charge is 2.28. The van der Waals surface area contributed by atoms with E-state index in [4.69, 9.17) is 27.7 Å². The van der Waals surface area contributed by atoms with E-state index in [-0.39, 0.29) is 0 Å². The molecule has 0 saturated heterocycles. The van der Waals surface area contributed by atoms with Gasteiger partial charge in [0.15, 0.2) is 0 Å². The monoisotopic (exact) mass is 338 g/mol. The van der Waals surface area contributed by atoms with E-state index in [1.165, 1.54) is 19.3 Å². The molecular weight excluding hydrogens is 319 g/mol. The van der Waals surface area contributed by atoms with Gasteiger partial charge in [-0.2, -0.15) is 0 Å². The van der Waals surface area contributed by atoms with Gasteiger partial charge in [0.25, 0.3) is 0 Å². The zero-order valence-corrected chi connectivity index (χ0v) is 14.1. The van der Waals surface area contributed by atoms with Crippen LogP contribution in [0.3, 0.4) is 0 Å². The quantitative estimate of drug-likeness (QED) is 0.851. The first-order valence-electron chi connectivity index (χ1n) is 7.72. The molecule has 0 amide bonds. The Bertz CT molecular complexity index is 621. The summed E-state index contributed by atoms with van der Waals surface area (Å²) in [6.07, 6.45) is 4.58. The molecule has 118 valence electrons. The number of nitrogens with zero attached hydrogens (tertiary/aromatic N) is 1. The molecule has 0 radical (unpaired) electrons. The lowest BCUT2D eigenvalue weighted by Crippen LogP contribution is -2.33. The molecule has 0 unspecified atom stereocenters. The highest BCUT2D eigenvalue weighted by Crippen LogP contribution is 2.30. The van der Waals surface area contributed by atoms with Gasteiger partial charge in [-0.25, -0.2) is 0 Å². The first-order chi connectivity index (χ1) is 10.6. The molecule has 1 N–H and O–H groups in total. The van der Waals surface area contributed by atoms with E-state index in [2.05, 4.69) is 10.5 Å². The molecule has 2 atom stereocenters. The van der Waals surface area contributed by atoms with Gasteiger partial charge in [-0.05, 0) is 37.8 Å². The maximum Gasteiger partial charge on any atom is 0.137 e. The van der Waals surface area contributed by atoms with Crippen LogP contribution in [0, 0.1) is 12.8 Å². The molecule has 1 aliphatic rings. The van der Waals surface area contributed by atoms with Crippen LogP contribution in [-0.2, 0) is 13.0 Å². The summed E-state index contributed by atoms with van der Waals surface area (Å²) < 4.78 is 5.36. The number of aromatic nitrogens is 1. The molecular formula is C17H20Cl2N2O. The standard InChI is InChI=1S/C17H20Cl2N2O/c1-11-8-13(22-21-11)9-12-4-2-7-17(12)20-10-14-15(18)5-3-6-16(14)19/h3,5-6,8,12,17,20H,2,4,7,9-10H2,1H3/t12-,17+/m0/s1. The van der Waals surface area contributed by atoms with Gasteiger partial charge in [-0.3, -0.25) is 0 Å². The molecule has 3 rings (SSSR count). The minimum absolute atomic E-state index is 0.470. The van der Waals surface area contributed by atoms with Gasteiger partial charge in [0.2, 0.25) is 0 Å². The second kappa shape index (κ2) is 7.03. The summed E-state index contributed by atoms with van der Waals surface area (Å²) in [7, 11) is 0.